The van der Waals surface area contributed by atoms with Gasteiger partial charge in [-0.25, -0.2) is 4.79 Å². The molecule has 0 bridgehead atoms. The fraction of sp³-hybridized carbons (Fsp3) is 0.417. The Hall–Kier alpha value is -1.22. The molecule has 0 radical (unpaired) electrons. The summed E-state index contributed by atoms with van der Waals surface area (Å²) in [6.07, 6.45) is 0.595. The number of halogens is 1. The Morgan fingerprint density at radius 2 is 1.94 bits per heavy atom. The van der Waals surface area contributed by atoms with Crippen molar-refractivity contribution in [2.45, 2.75) is 26.3 Å². The van der Waals surface area contributed by atoms with Crippen molar-refractivity contribution >= 4 is 23.3 Å². The minimum Gasteiger partial charge on any atom is -0.480 e. The summed E-state index contributed by atoms with van der Waals surface area (Å²) in [6, 6.07) is 6.47. The molecule has 0 fully saturated rings. The van der Waals surface area contributed by atoms with Crippen LogP contribution in [-0.2, 0) is 4.79 Å². The van der Waals surface area contributed by atoms with Gasteiger partial charge in [-0.1, -0.05) is 25.4 Å². The molecule has 0 aromatic heterocycles. The molecular weight excluding hydrogens is 226 g/mol. The van der Waals surface area contributed by atoms with E-state index in [4.69, 9.17) is 16.7 Å². The quantitative estimate of drug-likeness (QED) is 0.832. The molecule has 0 saturated carbocycles. The molecule has 0 amide bonds. The molecule has 0 heterocycles. The second-order valence-electron chi connectivity index (χ2n) is 4.17. The van der Waals surface area contributed by atoms with Crippen molar-refractivity contribution in [2.75, 3.05) is 5.32 Å². The minimum absolute atomic E-state index is 0.334. The molecule has 4 heteroatoms. The molecule has 0 saturated heterocycles. The van der Waals surface area contributed by atoms with Crippen LogP contribution in [0, 0.1) is 5.92 Å². The van der Waals surface area contributed by atoms with Gasteiger partial charge in [0.25, 0.3) is 0 Å². The van der Waals surface area contributed by atoms with E-state index >= 15 is 0 Å². The maximum Gasteiger partial charge on any atom is 0.326 e. The van der Waals surface area contributed by atoms with Crippen molar-refractivity contribution in [3.63, 3.8) is 0 Å². The van der Waals surface area contributed by atoms with Crippen LogP contribution in [0.3, 0.4) is 0 Å². The molecule has 0 aliphatic heterocycles. The van der Waals surface area contributed by atoms with Crippen LogP contribution >= 0.6 is 11.6 Å². The summed E-state index contributed by atoms with van der Waals surface area (Å²) in [6.45, 7) is 4.00. The van der Waals surface area contributed by atoms with Gasteiger partial charge in [0.05, 0.1) is 0 Å². The van der Waals surface area contributed by atoms with Gasteiger partial charge in [-0.2, -0.15) is 0 Å². The Bertz CT molecular complexity index is 349. The molecule has 1 aromatic carbocycles. The Morgan fingerprint density at radius 1 is 1.38 bits per heavy atom. The number of aliphatic carboxylic acids is 1. The second-order valence-corrected chi connectivity index (χ2v) is 4.61. The number of nitrogens with one attached hydrogen (secondary N) is 1. The molecule has 3 nitrogen and oxygen atoms in total. The lowest BCUT2D eigenvalue weighted by atomic mass is 10.0. The van der Waals surface area contributed by atoms with Crippen molar-refractivity contribution in [1.29, 1.82) is 0 Å². The van der Waals surface area contributed by atoms with Crippen LogP contribution in [0.15, 0.2) is 24.3 Å². The first kappa shape index (κ1) is 12.8. The Morgan fingerprint density at radius 3 is 2.38 bits per heavy atom. The van der Waals surface area contributed by atoms with Crippen LogP contribution in [-0.4, -0.2) is 17.1 Å². The summed E-state index contributed by atoms with van der Waals surface area (Å²) in [5.41, 5.74) is 0.775. The smallest absolute Gasteiger partial charge is 0.326 e. The lowest BCUT2D eigenvalue weighted by Gasteiger charge is -2.17. The summed E-state index contributed by atoms with van der Waals surface area (Å²) >= 11 is 5.75. The number of carboxylic acids is 1. The number of benzene rings is 1. The van der Waals surface area contributed by atoms with Crippen LogP contribution in [0.4, 0.5) is 5.69 Å². The van der Waals surface area contributed by atoms with Gasteiger partial charge in [-0.15, -0.1) is 0 Å². The van der Waals surface area contributed by atoms with E-state index in [0.29, 0.717) is 17.4 Å². The molecule has 88 valence electrons. The predicted octanol–water partition coefficient (Wildman–Crippen LogP) is 3.25. The van der Waals surface area contributed by atoms with E-state index in [0.717, 1.165) is 5.69 Å². The lowest BCUT2D eigenvalue weighted by Crippen LogP contribution is -2.30. The highest BCUT2D eigenvalue weighted by molar-refractivity contribution is 6.30. The summed E-state index contributed by atoms with van der Waals surface area (Å²) in [7, 11) is 0. The molecule has 0 spiro atoms. The first-order valence-corrected chi connectivity index (χ1v) is 5.61. The van der Waals surface area contributed by atoms with Gasteiger partial charge in [0, 0.05) is 10.7 Å². The molecule has 0 aliphatic rings. The zero-order valence-electron chi connectivity index (χ0n) is 9.40. The van der Waals surface area contributed by atoms with Crippen LogP contribution in [0.2, 0.25) is 5.02 Å². The van der Waals surface area contributed by atoms with Crippen LogP contribution in [0.25, 0.3) is 0 Å². The van der Waals surface area contributed by atoms with E-state index < -0.39 is 12.0 Å². The number of hydrogen-bond donors (Lipinski definition) is 2. The second kappa shape index (κ2) is 5.75. The van der Waals surface area contributed by atoms with Gasteiger partial charge in [0.2, 0.25) is 0 Å². The number of carboxylic acid groups (broad SMARTS) is 1. The van der Waals surface area contributed by atoms with Crippen LogP contribution < -0.4 is 5.32 Å². The van der Waals surface area contributed by atoms with Crippen molar-refractivity contribution in [2.24, 2.45) is 5.92 Å². The average molecular weight is 242 g/mol. The van der Waals surface area contributed by atoms with Gasteiger partial charge >= 0.3 is 5.97 Å². The first-order chi connectivity index (χ1) is 7.49. The average Bonchev–Trinajstić information content (AvgIpc) is 2.19. The van der Waals surface area contributed by atoms with E-state index in [2.05, 4.69) is 5.32 Å². The highest BCUT2D eigenvalue weighted by Crippen LogP contribution is 2.16. The highest BCUT2D eigenvalue weighted by atomic mass is 35.5. The van der Waals surface area contributed by atoms with Gasteiger partial charge in [-0.05, 0) is 36.6 Å². The number of anilines is 1. The van der Waals surface area contributed by atoms with E-state index in [-0.39, 0.29) is 0 Å². The zero-order valence-corrected chi connectivity index (χ0v) is 10.2. The maximum absolute atomic E-state index is 11.0. The summed E-state index contributed by atoms with van der Waals surface area (Å²) < 4.78 is 0. The van der Waals surface area contributed by atoms with Gasteiger partial charge in [0.15, 0.2) is 0 Å². The third-order valence-electron chi connectivity index (χ3n) is 2.19. The van der Waals surface area contributed by atoms with Crippen molar-refractivity contribution in [3.05, 3.63) is 29.3 Å². The van der Waals surface area contributed by atoms with E-state index in [1.165, 1.54) is 0 Å². The highest BCUT2D eigenvalue weighted by Gasteiger charge is 2.18. The van der Waals surface area contributed by atoms with Crippen LogP contribution in [0.5, 0.6) is 0 Å². The zero-order chi connectivity index (χ0) is 12.1. The number of hydrogen-bond acceptors (Lipinski definition) is 2. The molecule has 1 rings (SSSR count). The van der Waals surface area contributed by atoms with Crippen LogP contribution in [0.1, 0.15) is 20.3 Å². The Kier molecular flexibility index (Phi) is 4.62. The standard InChI is InChI=1S/C12H16ClNO2/c1-8(2)7-11(12(15)16)14-10-5-3-9(13)4-6-10/h3-6,8,11,14H,7H2,1-2H3,(H,15,16). The fourth-order valence-corrected chi connectivity index (χ4v) is 1.57. The SMILES string of the molecule is CC(C)CC(Nc1ccc(Cl)cc1)C(=O)O. The van der Waals surface area contributed by atoms with E-state index in [9.17, 15) is 4.79 Å². The van der Waals surface area contributed by atoms with Crippen molar-refractivity contribution in [1.82, 2.24) is 0 Å². The van der Waals surface area contributed by atoms with Gasteiger partial charge < -0.3 is 10.4 Å². The van der Waals surface area contributed by atoms with Crippen molar-refractivity contribution < 1.29 is 9.90 Å². The minimum atomic E-state index is -0.830. The molecule has 0 aliphatic carbocycles. The van der Waals surface area contributed by atoms with E-state index in [1.807, 2.05) is 13.8 Å². The lowest BCUT2D eigenvalue weighted by molar-refractivity contribution is -0.138. The third kappa shape index (κ3) is 4.11. The van der Waals surface area contributed by atoms with E-state index in [1.54, 1.807) is 24.3 Å². The fourth-order valence-electron chi connectivity index (χ4n) is 1.44. The first-order valence-electron chi connectivity index (χ1n) is 5.24. The predicted molar refractivity (Wildman–Crippen MR) is 66.0 cm³/mol. The molecular formula is C12H16ClNO2. The third-order valence-corrected chi connectivity index (χ3v) is 2.44. The molecule has 16 heavy (non-hydrogen) atoms. The van der Waals surface area contributed by atoms with Gasteiger partial charge in [0.1, 0.15) is 6.04 Å². The largest absolute Gasteiger partial charge is 0.480 e. The normalized spacial score (nSPS) is 12.5. The van der Waals surface area contributed by atoms with Gasteiger partial charge in [-0.3, -0.25) is 0 Å². The van der Waals surface area contributed by atoms with Crippen molar-refractivity contribution in [3.8, 4) is 0 Å². The topological polar surface area (TPSA) is 49.3 Å². The molecule has 1 atom stereocenters. The number of rotatable bonds is 5. The Labute approximate surface area is 100 Å². The number of carbonyl (C=O) groups is 1. The summed E-state index contributed by atoms with van der Waals surface area (Å²) in [5.74, 6) is -0.496. The summed E-state index contributed by atoms with van der Waals surface area (Å²) in [5, 5.41) is 12.7. The molecule has 2 N–H and O–H groups in total. The molecule has 1 unspecified atom stereocenters. The Balaban J connectivity index is 2.68. The summed E-state index contributed by atoms with van der Waals surface area (Å²) in [4.78, 5) is 11.0. The maximum atomic E-state index is 11.0. The molecule has 1 aromatic rings. The monoisotopic (exact) mass is 241 g/mol.